The van der Waals surface area contributed by atoms with Crippen LogP contribution in [0.4, 0.5) is 0 Å². The first-order valence-electron chi connectivity index (χ1n) is 5.84. The minimum Gasteiger partial charge on any atom is -0.460 e. The minimum atomic E-state index is -0.404. The van der Waals surface area contributed by atoms with Crippen LogP contribution in [0.15, 0.2) is 17.5 Å². The maximum absolute atomic E-state index is 11.7. The highest BCUT2D eigenvalue weighted by Gasteiger charge is 2.21. The fourth-order valence-electron chi connectivity index (χ4n) is 1.31. The van der Waals surface area contributed by atoms with Gasteiger partial charge in [0.25, 0.3) is 0 Å². The quantitative estimate of drug-likeness (QED) is 0.822. The Morgan fingerprint density at radius 2 is 2.24 bits per heavy atom. The van der Waals surface area contributed by atoms with Crippen molar-refractivity contribution in [3.63, 3.8) is 0 Å². The smallest absolute Gasteiger partial charge is 0.310 e. The van der Waals surface area contributed by atoms with Crippen molar-refractivity contribution in [3.05, 3.63) is 22.4 Å². The maximum atomic E-state index is 11.7. The van der Waals surface area contributed by atoms with E-state index in [-0.39, 0.29) is 11.9 Å². The molecule has 96 valence electrons. The molecule has 1 atom stereocenters. The van der Waals surface area contributed by atoms with E-state index >= 15 is 0 Å². The van der Waals surface area contributed by atoms with E-state index in [2.05, 4.69) is 11.4 Å². The number of carbonyl (C=O) groups excluding carboxylic acids is 1. The van der Waals surface area contributed by atoms with Crippen LogP contribution in [0.3, 0.4) is 0 Å². The first-order valence-corrected chi connectivity index (χ1v) is 6.72. The molecule has 0 unspecified atom stereocenters. The van der Waals surface area contributed by atoms with Crippen molar-refractivity contribution in [1.29, 1.82) is 0 Å². The first-order chi connectivity index (χ1) is 7.88. The number of rotatable bonds is 5. The topological polar surface area (TPSA) is 38.3 Å². The van der Waals surface area contributed by atoms with Gasteiger partial charge in [0.15, 0.2) is 0 Å². The van der Waals surface area contributed by atoms with E-state index in [1.165, 1.54) is 4.88 Å². The minimum absolute atomic E-state index is 0.116. The van der Waals surface area contributed by atoms with Crippen LogP contribution in [-0.4, -0.2) is 18.1 Å². The molecule has 1 heterocycles. The lowest BCUT2D eigenvalue weighted by molar-refractivity contribution is -0.159. The normalized spacial score (nSPS) is 13.4. The van der Waals surface area contributed by atoms with Crippen LogP contribution >= 0.6 is 11.3 Å². The van der Waals surface area contributed by atoms with Gasteiger partial charge in [-0.15, -0.1) is 11.3 Å². The maximum Gasteiger partial charge on any atom is 0.310 e. The molecule has 0 amide bonds. The van der Waals surface area contributed by atoms with Crippen molar-refractivity contribution < 1.29 is 9.53 Å². The van der Waals surface area contributed by atoms with Gasteiger partial charge >= 0.3 is 5.97 Å². The van der Waals surface area contributed by atoms with Crippen molar-refractivity contribution in [2.24, 2.45) is 5.92 Å². The second-order valence-corrected chi connectivity index (χ2v) is 6.18. The number of esters is 1. The summed E-state index contributed by atoms with van der Waals surface area (Å²) >= 11 is 1.71. The fraction of sp³-hybridized carbons (Fsp3) is 0.615. The fourth-order valence-corrected chi connectivity index (χ4v) is 1.99. The van der Waals surface area contributed by atoms with Crippen LogP contribution < -0.4 is 5.32 Å². The highest BCUT2D eigenvalue weighted by molar-refractivity contribution is 7.09. The van der Waals surface area contributed by atoms with Crippen LogP contribution in [0.2, 0.25) is 0 Å². The number of nitrogens with one attached hydrogen (secondary N) is 1. The summed E-state index contributed by atoms with van der Waals surface area (Å²) in [7, 11) is 0. The lowest BCUT2D eigenvalue weighted by atomic mass is 10.1. The van der Waals surface area contributed by atoms with Crippen molar-refractivity contribution >= 4 is 17.3 Å². The molecule has 1 rings (SSSR count). The Balaban J connectivity index is 2.25. The third-order valence-electron chi connectivity index (χ3n) is 2.14. The summed E-state index contributed by atoms with van der Waals surface area (Å²) in [5.41, 5.74) is -0.404. The molecule has 0 saturated heterocycles. The molecule has 1 aromatic heterocycles. The zero-order chi connectivity index (χ0) is 12.9. The zero-order valence-electron chi connectivity index (χ0n) is 10.9. The summed E-state index contributed by atoms with van der Waals surface area (Å²) in [5.74, 6) is -0.259. The molecule has 17 heavy (non-hydrogen) atoms. The van der Waals surface area contributed by atoms with Crippen molar-refractivity contribution in [2.75, 3.05) is 6.54 Å². The molecule has 1 aromatic rings. The van der Waals surface area contributed by atoms with Gasteiger partial charge in [-0.3, -0.25) is 4.79 Å². The summed E-state index contributed by atoms with van der Waals surface area (Å²) in [6.45, 7) is 9.00. The van der Waals surface area contributed by atoms with E-state index in [1.54, 1.807) is 11.3 Å². The van der Waals surface area contributed by atoms with E-state index in [4.69, 9.17) is 4.74 Å². The summed E-state index contributed by atoms with van der Waals surface area (Å²) < 4.78 is 5.31. The Morgan fingerprint density at radius 3 is 2.76 bits per heavy atom. The van der Waals surface area contributed by atoms with E-state index in [0.717, 1.165) is 6.54 Å². The van der Waals surface area contributed by atoms with Gasteiger partial charge in [0.1, 0.15) is 5.60 Å². The zero-order valence-corrected chi connectivity index (χ0v) is 11.8. The standard InChI is InChI=1S/C13H21NO2S/c1-10(12(15)16-13(2,3)4)8-14-9-11-6-5-7-17-11/h5-7,10,14H,8-9H2,1-4H3/t10-/m0/s1. The van der Waals surface area contributed by atoms with Gasteiger partial charge in [-0.1, -0.05) is 13.0 Å². The lowest BCUT2D eigenvalue weighted by Crippen LogP contribution is -2.32. The van der Waals surface area contributed by atoms with E-state index in [0.29, 0.717) is 6.54 Å². The Hall–Kier alpha value is -0.870. The lowest BCUT2D eigenvalue weighted by Gasteiger charge is -2.22. The molecule has 0 aliphatic rings. The Labute approximate surface area is 107 Å². The van der Waals surface area contributed by atoms with Crippen LogP contribution in [0, 0.1) is 5.92 Å². The Bertz CT molecular complexity index is 341. The average Bonchev–Trinajstić information content (AvgIpc) is 2.67. The van der Waals surface area contributed by atoms with Gasteiger partial charge in [-0.2, -0.15) is 0 Å². The largest absolute Gasteiger partial charge is 0.460 e. The van der Waals surface area contributed by atoms with Gasteiger partial charge in [0.05, 0.1) is 5.92 Å². The molecule has 0 aromatic carbocycles. The van der Waals surface area contributed by atoms with Gasteiger partial charge < -0.3 is 10.1 Å². The average molecular weight is 255 g/mol. The van der Waals surface area contributed by atoms with Crippen molar-refractivity contribution in [1.82, 2.24) is 5.32 Å². The molecule has 0 fully saturated rings. The highest BCUT2D eigenvalue weighted by atomic mass is 32.1. The van der Waals surface area contributed by atoms with E-state index in [1.807, 2.05) is 39.1 Å². The predicted molar refractivity (Wildman–Crippen MR) is 71.0 cm³/mol. The summed E-state index contributed by atoms with van der Waals surface area (Å²) in [5, 5.41) is 5.31. The molecule has 0 spiro atoms. The Morgan fingerprint density at radius 1 is 1.53 bits per heavy atom. The van der Waals surface area contributed by atoms with E-state index in [9.17, 15) is 4.79 Å². The number of carbonyl (C=O) groups is 1. The van der Waals surface area contributed by atoms with Crippen LogP contribution in [-0.2, 0) is 16.1 Å². The number of hydrogen-bond donors (Lipinski definition) is 1. The predicted octanol–water partition coefficient (Wildman–Crippen LogP) is 2.82. The molecule has 1 N–H and O–H groups in total. The van der Waals surface area contributed by atoms with Gasteiger partial charge in [-0.05, 0) is 32.2 Å². The summed E-state index contributed by atoms with van der Waals surface area (Å²) in [4.78, 5) is 13.0. The van der Waals surface area contributed by atoms with Gasteiger partial charge in [-0.25, -0.2) is 0 Å². The molecule has 0 saturated carbocycles. The second-order valence-electron chi connectivity index (χ2n) is 5.14. The summed E-state index contributed by atoms with van der Waals surface area (Å²) in [6.07, 6.45) is 0. The third-order valence-corrected chi connectivity index (χ3v) is 3.02. The third kappa shape index (κ3) is 5.84. The van der Waals surface area contributed by atoms with E-state index < -0.39 is 5.60 Å². The number of thiophene rings is 1. The first kappa shape index (κ1) is 14.2. The molecule has 0 bridgehead atoms. The van der Waals surface area contributed by atoms with Crippen LogP contribution in [0.25, 0.3) is 0 Å². The summed E-state index contributed by atoms with van der Waals surface area (Å²) in [6, 6.07) is 4.11. The second kappa shape index (κ2) is 6.17. The van der Waals surface area contributed by atoms with Crippen molar-refractivity contribution in [3.8, 4) is 0 Å². The molecule has 4 heteroatoms. The number of ether oxygens (including phenoxy) is 1. The van der Waals surface area contributed by atoms with Crippen molar-refractivity contribution in [2.45, 2.75) is 39.8 Å². The molecule has 0 radical (unpaired) electrons. The SMILES string of the molecule is C[C@@H](CNCc1cccs1)C(=O)OC(C)(C)C. The molecule has 0 aliphatic carbocycles. The number of hydrogen-bond acceptors (Lipinski definition) is 4. The van der Waals surface area contributed by atoms with Gasteiger partial charge in [0.2, 0.25) is 0 Å². The Kier molecular flexibility index (Phi) is 5.15. The van der Waals surface area contributed by atoms with Crippen LogP contribution in [0.5, 0.6) is 0 Å². The monoisotopic (exact) mass is 255 g/mol. The molecule has 0 aliphatic heterocycles. The molecular formula is C13H21NO2S. The highest BCUT2D eigenvalue weighted by Crippen LogP contribution is 2.11. The molecular weight excluding hydrogens is 234 g/mol. The van der Waals surface area contributed by atoms with Gasteiger partial charge in [0, 0.05) is 18.0 Å². The molecule has 3 nitrogen and oxygen atoms in total. The van der Waals surface area contributed by atoms with Crippen LogP contribution in [0.1, 0.15) is 32.6 Å².